The number of nitrogens with zero attached hydrogens (tertiary/aromatic N) is 7. The number of para-hydroxylation sites is 2. The van der Waals surface area contributed by atoms with Crippen molar-refractivity contribution in [3.63, 3.8) is 0 Å². The SMILES string of the molecule is CC[C@@H](Nc1nccc2[nH]cnc12)c1cc2cccc(F)c2c(=O)n1-c1ccccc1.CC[C@H](Nc1ncnc2nc[nH]c12)c1cc2cccc(F)c2c(=O)n1-c1ccccc1. The molecule has 13 nitrogen and oxygen atoms in total. The predicted molar refractivity (Wildman–Crippen MR) is 238 cm³/mol. The highest BCUT2D eigenvalue weighted by molar-refractivity contribution is 5.87. The first-order valence-electron chi connectivity index (χ1n) is 20.1. The summed E-state index contributed by atoms with van der Waals surface area (Å²) >= 11 is 0. The third-order valence-electron chi connectivity index (χ3n) is 10.8. The third kappa shape index (κ3) is 7.29. The molecule has 0 saturated heterocycles. The third-order valence-corrected chi connectivity index (χ3v) is 10.8. The van der Waals surface area contributed by atoms with Crippen LogP contribution in [0.5, 0.6) is 0 Å². The zero-order chi connectivity index (χ0) is 42.7. The zero-order valence-electron chi connectivity index (χ0n) is 33.6. The maximum atomic E-state index is 14.6. The Morgan fingerprint density at radius 2 is 1.15 bits per heavy atom. The largest absolute Gasteiger partial charge is 0.360 e. The Kier molecular flexibility index (Phi) is 10.7. The van der Waals surface area contributed by atoms with Crippen LogP contribution < -0.4 is 21.8 Å². The Bertz CT molecular complexity index is 3110. The fourth-order valence-corrected chi connectivity index (χ4v) is 7.83. The molecular formula is C47H39F2N11O2. The van der Waals surface area contributed by atoms with E-state index in [9.17, 15) is 18.4 Å². The molecule has 0 aliphatic rings. The second kappa shape index (κ2) is 16.9. The van der Waals surface area contributed by atoms with Crippen molar-refractivity contribution in [1.82, 2.24) is 44.0 Å². The average molecular weight is 828 g/mol. The molecule has 0 spiro atoms. The Labute approximate surface area is 352 Å². The molecule has 6 heterocycles. The van der Waals surface area contributed by atoms with E-state index in [0.29, 0.717) is 63.5 Å². The molecule has 0 amide bonds. The fourth-order valence-electron chi connectivity index (χ4n) is 7.83. The maximum Gasteiger partial charge on any atom is 0.266 e. The number of halogens is 2. The first kappa shape index (κ1) is 39.4. The van der Waals surface area contributed by atoms with E-state index in [2.05, 4.69) is 45.5 Å². The summed E-state index contributed by atoms with van der Waals surface area (Å²) in [7, 11) is 0. The van der Waals surface area contributed by atoms with Crippen molar-refractivity contribution in [2.45, 2.75) is 38.8 Å². The van der Waals surface area contributed by atoms with Gasteiger partial charge < -0.3 is 20.6 Å². The van der Waals surface area contributed by atoms with Crippen molar-refractivity contribution in [3.8, 4) is 11.4 Å². The van der Waals surface area contributed by atoms with Crippen molar-refractivity contribution in [2.75, 3.05) is 10.6 Å². The Hall–Kier alpha value is -8.07. The van der Waals surface area contributed by atoms with E-state index in [1.165, 1.54) is 18.5 Å². The summed E-state index contributed by atoms with van der Waals surface area (Å²) in [5.74, 6) is 0.148. The lowest BCUT2D eigenvalue weighted by Crippen LogP contribution is -2.27. The summed E-state index contributed by atoms with van der Waals surface area (Å²) in [5.41, 5.74) is 4.83. The van der Waals surface area contributed by atoms with Gasteiger partial charge in [-0.2, -0.15) is 0 Å². The fraction of sp³-hybridized carbons (Fsp3) is 0.128. The normalized spacial score (nSPS) is 12.3. The number of pyridine rings is 3. The molecule has 0 aliphatic heterocycles. The van der Waals surface area contributed by atoms with Gasteiger partial charge in [-0.05, 0) is 78.2 Å². The molecule has 308 valence electrons. The van der Waals surface area contributed by atoms with E-state index in [-0.39, 0.29) is 28.4 Å². The molecule has 15 heteroatoms. The molecule has 0 bridgehead atoms. The molecule has 62 heavy (non-hydrogen) atoms. The molecule has 0 unspecified atom stereocenters. The summed E-state index contributed by atoms with van der Waals surface area (Å²) in [6.45, 7) is 4.04. The molecule has 4 aromatic carbocycles. The van der Waals surface area contributed by atoms with E-state index >= 15 is 0 Å². The number of hydrogen-bond donors (Lipinski definition) is 4. The van der Waals surface area contributed by atoms with Crippen molar-refractivity contribution in [3.05, 3.63) is 184 Å². The summed E-state index contributed by atoms with van der Waals surface area (Å²) < 4.78 is 32.3. The second-order valence-corrected chi connectivity index (χ2v) is 14.5. The van der Waals surface area contributed by atoms with Gasteiger partial charge in [0.05, 0.1) is 41.0 Å². The van der Waals surface area contributed by atoms with Crippen LogP contribution in [0.15, 0.2) is 150 Å². The van der Waals surface area contributed by atoms with Gasteiger partial charge in [0.1, 0.15) is 29.0 Å². The van der Waals surface area contributed by atoms with Gasteiger partial charge in [0, 0.05) is 29.0 Å². The van der Waals surface area contributed by atoms with E-state index in [4.69, 9.17) is 0 Å². The molecule has 6 aromatic heterocycles. The summed E-state index contributed by atoms with van der Waals surface area (Å²) in [6, 6.07) is 33.0. The number of hydrogen-bond acceptors (Lipinski definition) is 9. The predicted octanol–water partition coefficient (Wildman–Crippen LogP) is 9.32. The van der Waals surface area contributed by atoms with Gasteiger partial charge in [0.2, 0.25) is 0 Å². The number of H-pyrrole nitrogens is 2. The van der Waals surface area contributed by atoms with Crippen LogP contribution in [-0.4, -0.2) is 44.0 Å². The Morgan fingerprint density at radius 1 is 0.597 bits per heavy atom. The number of imidazole rings is 2. The quantitative estimate of drug-likeness (QED) is 0.105. The van der Waals surface area contributed by atoms with E-state index in [0.717, 1.165) is 16.7 Å². The summed E-state index contributed by atoms with van der Waals surface area (Å²) in [6.07, 6.45) is 7.66. The highest BCUT2D eigenvalue weighted by Gasteiger charge is 2.23. The van der Waals surface area contributed by atoms with Crippen LogP contribution in [0.3, 0.4) is 0 Å². The second-order valence-electron chi connectivity index (χ2n) is 14.5. The number of benzene rings is 4. The highest BCUT2D eigenvalue weighted by Crippen LogP contribution is 2.30. The number of nitrogens with one attached hydrogen (secondary N) is 4. The number of anilines is 2. The van der Waals surface area contributed by atoms with Gasteiger partial charge in [-0.25, -0.2) is 33.7 Å². The Morgan fingerprint density at radius 3 is 1.71 bits per heavy atom. The Balaban J connectivity index is 0.000000158. The van der Waals surface area contributed by atoms with Crippen molar-refractivity contribution in [1.29, 1.82) is 0 Å². The van der Waals surface area contributed by atoms with Crippen LogP contribution in [0.2, 0.25) is 0 Å². The first-order valence-corrected chi connectivity index (χ1v) is 20.1. The first-order chi connectivity index (χ1) is 30.3. The minimum Gasteiger partial charge on any atom is -0.360 e. The summed E-state index contributed by atoms with van der Waals surface area (Å²) in [4.78, 5) is 54.6. The standard InChI is InChI=1S/C24H20FN5O.C23H19FN6O/c1-2-18(29-23-22-19(11-12-26-23)27-14-28-22)20-13-15-7-6-10-17(25)21(15)24(31)30(20)16-8-4-3-5-9-16;1-2-17(29-22-20-21(26-12-25-20)27-13-28-22)18-11-14-7-6-10-16(24)19(14)23(31)30(18)15-8-4-3-5-9-15/h3-14,18H,2H2,1H3,(H,26,29)(H,27,28);3-13,17H,2H2,1H3,(H2,25,26,27,28,29)/t18-;17-/m10/s1. The van der Waals surface area contributed by atoms with Crippen LogP contribution in [-0.2, 0) is 0 Å². The van der Waals surface area contributed by atoms with Crippen LogP contribution in [0, 0.1) is 11.6 Å². The lowest BCUT2D eigenvalue weighted by atomic mass is 10.0. The lowest BCUT2D eigenvalue weighted by Gasteiger charge is -2.23. The van der Waals surface area contributed by atoms with Gasteiger partial charge in [0.15, 0.2) is 17.3 Å². The molecule has 10 rings (SSSR count). The van der Waals surface area contributed by atoms with E-state index < -0.39 is 17.2 Å². The maximum absolute atomic E-state index is 14.6. The molecule has 0 aliphatic carbocycles. The van der Waals surface area contributed by atoms with Gasteiger partial charge in [-0.3, -0.25) is 18.7 Å². The topological polar surface area (TPSA) is 164 Å². The molecule has 2 atom stereocenters. The number of aromatic amines is 2. The monoisotopic (exact) mass is 827 g/mol. The van der Waals surface area contributed by atoms with Crippen molar-refractivity contribution in [2.24, 2.45) is 0 Å². The van der Waals surface area contributed by atoms with Crippen molar-refractivity contribution >= 4 is 55.4 Å². The smallest absolute Gasteiger partial charge is 0.266 e. The molecule has 0 fully saturated rings. The zero-order valence-corrected chi connectivity index (χ0v) is 33.6. The van der Waals surface area contributed by atoms with Crippen LogP contribution >= 0.6 is 0 Å². The van der Waals surface area contributed by atoms with E-state index in [1.54, 1.807) is 52.3 Å². The summed E-state index contributed by atoms with van der Waals surface area (Å²) in [5, 5.41) is 8.14. The molecule has 4 N–H and O–H groups in total. The molecule has 0 saturated carbocycles. The van der Waals surface area contributed by atoms with Gasteiger partial charge in [-0.15, -0.1) is 0 Å². The number of fused-ring (bicyclic) bond motifs is 4. The number of rotatable bonds is 10. The van der Waals surface area contributed by atoms with Gasteiger partial charge in [0.25, 0.3) is 11.1 Å². The minimum absolute atomic E-state index is 0.0722. The van der Waals surface area contributed by atoms with Gasteiger partial charge >= 0.3 is 0 Å². The van der Waals surface area contributed by atoms with Crippen LogP contribution in [0.1, 0.15) is 50.2 Å². The molecule has 10 aromatic rings. The van der Waals surface area contributed by atoms with E-state index in [1.807, 2.05) is 92.7 Å². The highest BCUT2D eigenvalue weighted by atomic mass is 19.1. The van der Waals surface area contributed by atoms with Gasteiger partial charge in [-0.1, -0.05) is 74.5 Å². The van der Waals surface area contributed by atoms with Crippen LogP contribution in [0.4, 0.5) is 20.4 Å². The van der Waals surface area contributed by atoms with Crippen LogP contribution in [0.25, 0.3) is 55.1 Å². The van der Waals surface area contributed by atoms with Crippen molar-refractivity contribution < 1.29 is 8.78 Å². The minimum atomic E-state index is -0.533. The lowest BCUT2D eigenvalue weighted by molar-refractivity contribution is 0.635. The molecule has 0 radical (unpaired) electrons. The average Bonchev–Trinajstić information content (AvgIpc) is 3.99. The molecular weight excluding hydrogens is 789 g/mol. The number of aromatic nitrogens is 9.